The summed E-state index contributed by atoms with van der Waals surface area (Å²) in [6, 6.07) is 2.60. The van der Waals surface area contributed by atoms with Crippen molar-refractivity contribution in [2.45, 2.75) is 6.04 Å². The number of carboxylic acids is 1. The van der Waals surface area contributed by atoms with Gasteiger partial charge in [0, 0.05) is 0 Å². The molecule has 0 saturated carbocycles. The average Bonchev–Trinajstić information content (AvgIpc) is 2.27. The van der Waals surface area contributed by atoms with Crippen molar-refractivity contribution < 1.29 is 24.5 Å². The van der Waals surface area contributed by atoms with E-state index in [1.165, 1.54) is 19.2 Å². The van der Waals surface area contributed by atoms with Crippen LogP contribution < -0.4 is 5.73 Å². The van der Waals surface area contributed by atoms with Crippen molar-refractivity contribution in [3.8, 4) is 5.75 Å². The lowest BCUT2D eigenvalue weighted by molar-refractivity contribution is -0.142. The lowest BCUT2D eigenvalue weighted by Crippen LogP contribution is -2.22. The second kappa shape index (κ2) is 6.07. The van der Waals surface area contributed by atoms with Crippen LogP contribution in [0.15, 0.2) is 18.2 Å². The highest BCUT2D eigenvalue weighted by atomic mass is 35.5. The van der Waals surface area contributed by atoms with Gasteiger partial charge in [-0.1, -0.05) is 6.07 Å². The van der Waals surface area contributed by atoms with E-state index in [-0.39, 0.29) is 29.3 Å². The molecule has 1 aromatic rings. The quantitative estimate of drug-likeness (QED) is 0.691. The Kier molecular flexibility index (Phi) is 5.43. The van der Waals surface area contributed by atoms with Crippen LogP contribution in [-0.4, -0.2) is 29.3 Å². The van der Waals surface area contributed by atoms with Crippen LogP contribution in [-0.2, 0) is 9.53 Å². The minimum absolute atomic E-state index is 0. The zero-order chi connectivity index (χ0) is 12.3. The molecule has 6 nitrogen and oxygen atoms in total. The Morgan fingerprint density at radius 2 is 2.00 bits per heavy atom. The summed E-state index contributed by atoms with van der Waals surface area (Å²) in [7, 11) is 1.18. The van der Waals surface area contributed by atoms with E-state index in [0.717, 1.165) is 6.07 Å². The largest absolute Gasteiger partial charge is 0.507 e. The van der Waals surface area contributed by atoms with Gasteiger partial charge in [-0.3, -0.25) is 4.79 Å². The van der Waals surface area contributed by atoms with Crippen molar-refractivity contribution in [2.75, 3.05) is 7.11 Å². The Balaban J connectivity index is 0.00000256. The summed E-state index contributed by atoms with van der Waals surface area (Å²) in [4.78, 5) is 21.8. The molecule has 0 heterocycles. The third-order valence-corrected chi connectivity index (χ3v) is 2.07. The van der Waals surface area contributed by atoms with Crippen molar-refractivity contribution >= 4 is 24.3 Å². The van der Waals surface area contributed by atoms with Gasteiger partial charge in [-0.15, -0.1) is 12.4 Å². The van der Waals surface area contributed by atoms with Gasteiger partial charge in [0.2, 0.25) is 0 Å². The van der Waals surface area contributed by atoms with Crippen LogP contribution in [0, 0.1) is 0 Å². The van der Waals surface area contributed by atoms with Gasteiger partial charge in [-0.05, 0) is 17.7 Å². The molecule has 0 bridgehead atoms. The van der Waals surface area contributed by atoms with Gasteiger partial charge in [-0.25, -0.2) is 4.79 Å². The van der Waals surface area contributed by atoms with Gasteiger partial charge < -0.3 is 20.7 Å². The molecule has 0 radical (unpaired) electrons. The molecule has 94 valence electrons. The molecule has 17 heavy (non-hydrogen) atoms. The number of nitrogens with two attached hydrogens (primary N) is 1. The van der Waals surface area contributed by atoms with Crippen molar-refractivity contribution in [1.82, 2.24) is 0 Å². The number of phenols is 1. The smallest absolute Gasteiger partial charge is 0.339 e. The van der Waals surface area contributed by atoms with E-state index in [0.29, 0.717) is 0 Å². The van der Waals surface area contributed by atoms with Gasteiger partial charge in [0.15, 0.2) is 0 Å². The molecule has 1 rings (SSSR count). The average molecular weight is 262 g/mol. The van der Waals surface area contributed by atoms with E-state index in [9.17, 15) is 14.7 Å². The Morgan fingerprint density at radius 3 is 2.47 bits per heavy atom. The maximum Gasteiger partial charge on any atom is 0.339 e. The maximum absolute atomic E-state index is 11.1. The summed E-state index contributed by atoms with van der Waals surface area (Å²) >= 11 is 0. The van der Waals surface area contributed by atoms with E-state index < -0.39 is 18.0 Å². The molecule has 0 aliphatic heterocycles. The molecule has 0 saturated heterocycles. The monoisotopic (exact) mass is 261 g/mol. The zero-order valence-corrected chi connectivity index (χ0v) is 9.73. The van der Waals surface area contributed by atoms with Gasteiger partial charge >= 0.3 is 11.9 Å². The summed E-state index contributed by atoms with van der Waals surface area (Å²) in [6.45, 7) is 0. The second-order valence-corrected chi connectivity index (χ2v) is 3.08. The highest BCUT2D eigenvalue weighted by molar-refractivity contribution is 5.91. The molecule has 7 heteroatoms. The van der Waals surface area contributed by atoms with Crippen molar-refractivity contribution in [1.29, 1.82) is 0 Å². The number of rotatable bonds is 3. The zero-order valence-electron chi connectivity index (χ0n) is 8.91. The number of aromatic hydroxyl groups is 1. The van der Waals surface area contributed by atoms with Crippen LogP contribution in [0.25, 0.3) is 0 Å². The van der Waals surface area contributed by atoms with Crippen LogP contribution in [0.2, 0.25) is 0 Å². The number of carboxylic acid groups (broad SMARTS) is 1. The fraction of sp³-hybridized carbons (Fsp3) is 0.200. The summed E-state index contributed by atoms with van der Waals surface area (Å²) in [5.74, 6) is -2.35. The third-order valence-electron chi connectivity index (χ3n) is 2.07. The molecule has 0 aliphatic rings. The number of benzene rings is 1. The molecule has 1 aromatic carbocycles. The Bertz CT molecular complexity index is 435. The Morgan fingerprint density at radius 1 is 1.41 bits per heavy atom. The number of carbonyl (C=O) groups is 2. The Labute approximate surface area is 103 Å². The first-order valence-electron chi connectivity index (χ1n) is 4.37. The van der Waals surface area contributed by atoms with Crippen LogP contribution in [0.5, 0.6) is 5.75 Å². The molecular weight excluding hydrogens is 250 g/mol. The predicted octanol–water partition coefficient (Wildman–Crippen LogP) is 0.685. The number of methoxy groups -OCH3 is 1. The van der Waals surface area contributed by atoms with Crippen LogP contribution >= 0.6 is 12.4 Å². The number of ether oxygens (including phenoxy) is 1. The van der Waals surface area contributed by atoms with Gasteiger partial charge in [0.1, 0.15) is 17.4 Å². The number of halogens is 1. The molecule has 0 aromatic heterocycles. The summed E-state index contributed by atoms with van der Waals surface area (Å²) in [5, 5.41) is 18.0. The van der Waals surface area contributed by atoms with Crippen LogP contribution in [0.1, 0.15) is 22.0 Å². The highest BCUT2D eigenvalue weighted by Gasteiger charge is 2.19. The van der Waals surface area contributed by atoms with E-state index in [4.69, 9.17) is 10.8 Å². The predicted molar refractivity (Wildman–Crippen MR) is 61.3 cm³/mol. The topological polar surface area (TPSA) is 110 Å². The Hall–Kier alpha value is -1.79. The molecule has 0 amide bonds. The minimum atomic E-state index is -1.29. The second-order valence-electron chi connectivity index (χ2n) is 3.08. The first kappa shape index (κ1) is 15.2. The minimum Gasteiger partial charge on any atom is -0.507 e. The van der Waals surface area contributed by atoms with Crippen molar-refractivity contribution in [2.24, 2.45) is 5.73 Å². The van der Waals surface area contributed by atoms with Gasteiger partial charge in [0.25, 0.3) is 0 Å². The lowest BCUT2D eigenvalue weighted by atomic mass is 10.0. The highest BCUT2D eigenvalue weighted by Crippen LogP contribution is 2.22. The van der Waals surface area contributed by atoms with E-state index in [2.05, 4.69) is 4.74 Å². The number of hydrogen-bond donors (Lipinski definition) is 3. The number of aromatic carboxylic acids is 1. The van der Waals surface area contributed by atoms with E-state index in [1.807, 2.05) is 0 Å². The van der Waals surface area contributed by atoms with E-state index in [1.54, 1.807) is 0 Å². The number of carbonyl (C=O) groups excluding carboxylic acids is 1. The normalized spacial score (nSPS) is 11.2. The standard InChI is InChI=1S/C10H11NO5.ClH/c1-16-10(15)8(11)5-2-3-7(12)6(4-5)9(13)14;/h2-4,8,12H,11H2,1H3,(H,13,14);1H/t8-;/m1./s1. The van der Waals surface area contributed by atoms with Crippen molar-refractivity contribution in [3.05, 3.63) is 29.3 Å². The third kappa shape index (κ3) is 3.33. The van der Waals surface area contributed by atoms with Crippen molar-refractivity contribution in [3.63, 3.8) is 0 Å². The number of hydrogen-bond acceptors (Lipinski definition) is 5. The SMILES string of the molecule is COC(=O)[C@H](N)c1ccc(O)c(C(=O)O)c1.Cl. The molecule has 0 fully saturated rings. The first-order chi connectivity index (χ1) is 7.47. The maximum atomic E-state index is 11.1. The molecule has 4 N–H and O–H groups in total. The first-order valence-corrected chi connectivity index (χ1v) is 4.37. The lowest BCUT2D eigenvalue weighted by Gasteiger charge is -2.10. The molecule has 0 unspecified atom stereocenters. The molecule has 0 aliphatic carbocycles. The fourth-order valence-electron chi connectivity index (χ4n) is 1.18. The molecule has 0 spiro atoms. The van der Waals surface area contributed by atoms with Gasteiger partial charge in [-0.2, -0.15) is 0 Å². The van der Waals surface area contributed by atoms with Crippen LogP contribution in [0.3, 0.4) is 0 Å². The summed E-state index contributed by atoms with van der Waals surface area (Å²) < 4.78 is 4.42. The summed E-state index contributed by atoms with van der Waals surface area (Å²) in [5.41, 5.74) is 5.48. The molecular formula is C10H12ClNO5. The van der Waals surface area contributed by atoms with Crippen LogP contribution in [0.4, 0.5) is 0 Å². The van der Waals surface area contributed by atoms with E-state index >= 15 is 0 Å². The van der Waals surface area contributed by atoms with Gasteiger partial charge in [0.05, 0.1) is 7.11 Å². The fourth-order valence-corrected chi connectivity index (χ4v) is 1.18. The summed E-state index contributed by atoms with van der Waals surface area (Å²) in [6.07, 6.45) is 0. The number of esters is 1. The molecule has 1 atom stereocenters.